The zero-order chi connectivity index (χ0) is 14.9. The van der Waals surface area contributed by atoms with Crippen molar-refractivity contribution in [2.75, 3.05) is 45.8 Å². The van der Waals surface area contributed by atoms with Crippen LogP contribution in [0.5, 0.6) is 0 Å². The van der Waals surface area contributed by atoms with Crippen molar-refractivity contribution in [3.8, 4) is 0 Å². The van der Waals surface area contributed by atoms with Gasteiger partial charge in [-0.2, -0.15) is 0 Å². The summed E-state index contributed by atoms with van der Waals surface area (Å²) in [5.41, 5.74) is 1.13. The first-order chi connectivity index (χ1) is 10.2. The Labute approximate surface area is 131 Å². The fourth-order valence-electron chi connectivity index (χ4n) is 2.34. The van der Waals surface area contributed by atoms with E-state index in [1.165, 1.54) is 0 Å². The molecule has 0 spiro atoms. The predicted octanol–water partition coefficient (Wildman–Crippen LogP) is 1.09. The molecule has 116 valence electrons. The Morgan fingerprint density at radius 2 is 2.00 bits per heavy atom. The molecule has 0 saturated carbocycles. The summed E-state index contributed by atoms with van der Waals surface area (Å²) in [4.78, 5) is 14.0. The molecule has 2 amide bonds. The number of nitrogens with one attached hydrogen (secondary N) is 3. The van der Waals surface area contributed by atoms with Crippen molar-refractivity contribution in [3.63, 3.8) is 0 Å². The summed E-state index contributed by atoms with van der Waals surface area (Å²) in [6, 6.07) is 7.60. The van der Waals surface area contributed by atoms with Crippen LogP contribution in [0.25, 0.3) is 0 Å². The van der Waals surface area contributed by atoms with Gasteiger partial charge in [-0.05, 0) is 24.1 Å². The van der Waals surface area contributed by atoms with Gasteiger partial charge < -0.3 is 16.0 Å². The molecule has 0 aliphatic carbocycles. The van der Waals surface area contributed by atoms with Crippen LogP contribution < -0.4 is 16.0 Å². The third-order valence-electron chi connectivity index (χ3n) is 3.51. The molecule has 21 heavy (non-hydrogen) atoms. The monoisotopic (exact) mass is 310 g/mol. The normalized spacial score (nSPS) is 15.7. The fraction of sp³-hybridized carbons (Fsp3) is 0.533. The van der Waals surface area contributed by atoms with Crippen LogP contribution in [-0.4, -0.2) is 56.7 Å². The number of nitrogens with zero attached hydrogens (tertiary/aromatic N) is 1. The maximum absolute atomic E-state index is 11.7. The first-order valence-corrected chi connectivity index (χ1v) is 7.81. The zero-order valence-electron chi connectivity index (χ0n) is 12.2. The average Bonchev–Trinajstić information content (AvgIpc) is 2.48. The number of hydrogen-bond donors (Lipinski definition) is 3. The van der Waals surface area contributed by atoms with Gasteiger partial charge in [-0.25, -0.2) is 4.79 Å². The van der Waals surface area contributed by atoms with E-state index >= 15 is 0 Å². The largest absolute Gasteiger partial charge is 0.338 e. The SMILES string of the molecule is O=C(NCCc1cccc(Cl)c1)NCCN1CCNCC1. The number of halogens is 1. The topological polar surface area (TPSA) is 56.4 Å². The number of carbonyl (C=O) groups excluding carboxylic acids is 1. The molecule has 1 aliphatic rings. The van der Waals surface area contributed by atoms with Crippen molar-refractivity contribution in [1.82, 2.24) is 20.9 Å². The highest BCUT2D eigenvalue weighted by Gasteiger charge is 2.09. The summed E-state index contributed by atoms with van der Waals surface area (Å²) < 4.78 is 0. The second kappa shape index (κ2) is 8.87. The molecule has 0 atom stereocenters. The van der Waals surface area contributed by atoms with Gasteiger partial charge in [-0.15, -0.1) is 0 Å². The highest BCUT2D eigenvalue weighted by molar-refractivity contribution is 6.30. The van der Waals surface area contributed by atoms with Gasteiger partial charge in [0.2, 0.25) is 0 Å². The molecule has 5 nitrogen and oxygen atoms in total. The van der Waals surface area contributed by atoms with Gasteiger partial charge in [-0.1, -0.05) is 23.7 Å². The van der Waals surface area contributed by atoms with Crippen molar-refractivity contribution in [1.29, 1.82) is 0 Å². The molecule has 1 heterocycles. The number of piperazine rings is 1. The molecule has 0 aromatic heterocycles. The van der Waals surface area contributed by atoms with Crippen LogP contribution >= 0.6 is 11.6 Å². The van der Waals surface area contributed by atoms with Gasteiger partial charge in [0, 0.05) is 50.8 Å². The summed E-state index contributed by atoms with van der Waals surface area (Å²) >= 11 is 5.92. The first-order valence-electron chi connectivity index (χ1n) is 7.43. The summed E-state index contributed by atoms with van der Waals surface area (Å²) in [6.07, 6.45) is 0.784. The van der Waals surface area contributed by atoms with E-state index in [0.29, 0.717) is 13.1 Å². The van der Waals surface area contributed by atoms with Crippen LogP contribution in [0.3, 0.4) is 0 Å². The lowest BCUT2D eigenvalue weighted by atomic mass is 10.1. The lowest BCUT2D eigenvalue weighted by Crippen LogP contribution is -2.47. The molecule has 2 rings (SSSR count). The van der Waals surface area contributed by atoms with E-state index in [-0.39, 0.29) is 6.03 Å². The molecule has 0 bridgehead atoms. The Kier molecular flexibility index (Phi) is 6.79. The van der Waals surface area contributed by atoms with Gasteiger partial charge >= 0.3 is 6.03 Å². The second-order valence-corrected chi connectivity index (χ2v) is 5.59. The average molecular weight is 311 g/mol. The molecule has 1 aliphatic heterocycles. The van der Waals surface area contributed by atoms with E-state index in [9.17, 15) is 4.79 Å². The predicted molar refractivity (Wildman–Crippen MR) is 85.9 cm³/mol. The van der Waals surface area contributed by atoms with E-state index in [1.54, 1.807) is 0 Å². The summed E-state index contributed by atoms with van der Waals surface area (Å²) in [5.74, 6) is 0. The van der Waals surface area contributed by atoms with E-state index in [2.05, 4.69) is 20.9 Å². The van der Waals surface area contributed by atoms with Crippen LogP contribution in [0.15, 0.2) is 24.3 Å². The van der Waals surface area contributed by atoms with E-state index in [0.717, 1.165) is 49.7 Å². The minimum absolute atomic E-state index is 0.104. The minimum Gasteiger partial charge on any atom is -0.338 e. The zero-order valence-corrected chi connectivity index (χ0v) is 13.0. The molecular formula is C15H23ClN4O. The van der Waals surface area contributed by atoms with Crippen molar-refractivity contribution in [2.24, 2.45) is 0 Å². The Bertz CT molecular complexity index is 449. The lowest BCUT2D eigenvalue weighted by Gasteiger charge is -2.27. The molecule has 0 radical (unpaired) electrons. The van der Waals surface area contributed by atoms with E-state index < -0.39 is 0 Å². The van der Waals surface area contributed by atoms with Crippen LogP contribution in [0, 0.1) is 0 Å². The standard InChI is InChI=1S/C15H23ClN4O/c16-14-3-1-2-13(12-14)4-5-18-15(21)19-8-11-20-9-6-17-7-10-20/h1-3,12,17H,4-11H2,(H2,18,19,21). The summed E-state index contributed by atoms with van der Waals surface area (Å²) in [5, 5.41) is 9.79. The van der Waals surface area contributed by atoms with Gasteiger partial charge in [0.25, 0.3) is 0 Å². The van der Waals surface area contributed by atoms with Crippen molar-refractivity contribution >= 4 is 17.6 Å². The molecule has 0 unspecified atom stereocenters. The number of urea groups is 1. The van der Waals surface area contributed by atoms with E-state index in [4.69, 9.17) is 11.6 Å². The lowest BCUT2D eigenvalue weighted by molar-refractivity contribution is 0.227. The number of benzene rings is 1. The van der Waals surface area contributed by atoms with E-state index in [1.807, 2.05) is 24.3 Å². The third-order valence-corrected chi connectivity index (χ3v) is 3.75. The van der Waals surface area contributed by atoms with Gasteiger partial charge in [0.05, 0.1) is 0 Å². The molecule has 1 aromatic carbocycles. The Hall–Kier alpha value is -1.30. The number of rotatable bonds is 6. The molecule has 6 heteroatoms. The maximum Gasteiger partial charge on any atom is 0.314 e. The molecular weight excluding hydrogens is 288 g/mol. The van der Waals surface area contributed by atoms with Crippen LogP contribution in [0.2, 0.25) is 5.02 Å². The number of amides is 2. The van der Waals surface area contributed by atoms with Gasteiger partial charge in [0.15, 0.2) is 0 Å². The Morgan fingerprint density at radius 3 is 2.76 bits per heavy atom. The molecule has 3 N–H and O–H groups in total. The number of hydrogen-bond acceptors (Lipinski definition) is 3. The van der Waals surface area contributed by atoms with Crippen LogP contribution in [0.4, 0.5) is 4.79 Å². The summed E-state index contributed by atoms with van der Waals surface area (Å²) in [7, 11) is 0. The maximum atomic E-state index is 11.7. The highest BCUT2D eigenvalue weighted by Crippen LogP contribution is 2.10. The first kappa shape index (κ1) is 16.1. The number of carbonyl (C=O) groups is 1. The minimum atomic E-state index is -0.104. The molecule has 1 fully saturated rings. The summed E-state index contributed by atoms with van der Waals surface area (Å²) in [6.45, 7) is 6.37. The second-order valence-electron chi connectivity index (χ2n) is 5.15. The quantitative estimate of drug-likeness (QED) is 0.737. The Morgan fingerprint density at radius 1 is 1.24 bits per heavy atom. The van der Waals surface area contributed by atoms with Gasteiger partial charge in [-0.3, -0.25) is 4.90 Å². The molecule has 1 saturated heterocycles. The highest BCUT2D eigenvalue weighted by atomic mass is 35.5. The molecule has 1 aromatic rings. The van der Waals surface area contributed by atoms with Crippen molar-refractivity contribution < 1.29 is 4.79 Å². The van der Waals surface area contributed by atoms with Crippen LogP contribution in [-0.2, 0) is 6.42 Å². The van der Waals surface area contributed by atoms with Crippen molar-refractivity contribution in [2.45, 2.75) is 6.42 Å². The van der Waals surface area contributed by atoms with Crippen molar-refractivity contribution in [3.05, 3.63) is 34.9 Å². The Balaban J connectivity index is 1.55. The van der Waals surface area contributed by atoms with Crippen LogP contribution in [0.1, 0.15) is 5.56 Å². The fourth-order valence-corrected chi connectivity index (χ4v) is 2.55. The smallest absolute Gasteiger partial charge is 0.314 e. The van der Waals surface area contributed by atoms with Gasteiger partial charge in [0.1, 0.15) is 0 Å². The third kappa shape index (κ3) is 6.33.